The zero-order chi connectivity index (χ0) is 19.2. The van der Waals surface area contributed by atoms with Crippen molar-refractivity contribution in [3.8, 4) is 0 Å². The Morgan fingerprint density at radius 3 is 2.63 bits per heavy atom. The summed E-state index contributed by atoms with van der Waals surface area (Å²) >= 11 is 4.57. The highest BCUT2D eigenvalue weighted by molar-refractivity contribution is 9.10. The number of halogens is 1. The summed E-state index contributed by atoms with van der Waals surface area (Å²) in [5.41, 5.74) is 2.72. The van der Waals surface area contributed by atoms with E-state index in [0.717, 1.165) is 15.6 Å². The van der Waals surface area contributed by atoms with Crippen LogP contribution in [0.3, 0.4) is 0 Å². The van der Waals surface area contributed by atoms with Crippen molar-refractivity contribution >= 4 is 56.6 Å². The summed E-state index contributed by atoms with van der Waals surface area (Å²) < 4.78 is 0.983. The number of hydrogen-bond acceptors (Lipinski definition) is 5. The molecular formula is C19H17BrN4O2S. The van der Waals surface area contributed by atoms with Crippen LogP contribution < -0.4 is 10.6 Å². The minimum atomic E-state index is -0.517. The lowest BCUT2D eigenvalue weighted by Crippen LogP contribution is -2.28. The molecule has 2 aromatic rings. The molecule has 1 fully saturated rings. The summed E-state index contributed by atoms with van der Waals surface area (Å²) in [5.74, 6) is -0.456. The van der Waals surface area contributed by atoms with Gasteiger partial charge < -0.3 is 10.6 Å². The zero-order valence-electron chi connectivity index (χ0n) is 14.5. The highest BCUT2D eigenvalue weighted by atomic mass is 79.9. The number of anilines is 1. The molecule has 1 heterocycles. The van der Waals surface area contributed by atoms with Crippen molar-refractivity contribution in [2.24, 2.45) is 10.2 Å². The molecule has 2 amide bonds. The van der Waals surface area contributed by atoms with Gasteiger partial charge in [-0.3, -0.25) is 9.59 Å². The van der Waals surface area contributed by atoms with Gasteiger partial charge in [-0.25, -0.2) is 0 Å². The molecule has 1 aliphatic rings. The van der Waals surface area contributed by atoms with Crippen LogP contribution in [0.15, 0.2) is 63.2 Å². The molecule has 27 heavy (non-hydrogen) atoms. The van der Waals surface area contributed by atoms with Crippen LogP contribution in [0.1, 0.15) is 17.5 Å². The first-order valence-electron chi connectivity index (χ1n) is 8.20. The van der Waals surface area contributed by atoms with Crippen LogP contribution in [-0.4, -0.2) is 28.4 Å². The summed E-state index contributed by atoms with van der Waals surface area (Å²) in [7, 11) is 0. The second-order valence-corrected chi connectivity index (χ2v) is 8.02. The number of aryl methyl sites for hydroxylation is 1. The molecule has 0 saturated carbocycles. The van der Waals surface area contributed by atoms with Crippen LogP contribution in [-0.2, 0) is 9.59 Å². The molecule has 0 radical (unpaired) electrons. The van der Waals surface area contributed by atoms with Crippen molar-refractivity contribution < 1.29 is 9.59 Å². The maximum absolute atomic E-state index is 12.2. The molecule has 0 unspecified atom stereocenters. The molecule has 138 valence electrons. The molecule has 0 aliphatic carbocycles. The number of amides is 2. The van der Waals surface area contributed by atoms with E-state index in [0.29, 0.717) is 10.9 Å². The van der Waals surface area contributed by atoms with Gasteiger partial charge in [-0.1, -0.05) is 57.5 Å². The molecule has 2 aromatic carbocycles. The van der Waals surface area contributed by atoms with E-state index < -0.39 is 5.25 Å². The average Bonchev–Trinajstić information content (AvgIpc) is 2.98. The van der Waals surface area contributed by atoms with Crippen LogP contribution >= 0.6 is 27.7 Å². The fourth-order valence-corrected chi connectivity index (χ4v) is 3.49. The van der Waals surface area contributed by atoms with Crippen LogP contribution in [0, 0.1) is 6.92 Å². The van der Waals surface area contributed by atoms with Gasteiger partial charge >= 0.3 is 0 Å². The number of carbonyl (C=O) groups excluding carboxylic acids is 2. The third-order valence-electron chi connectivity index (χ3n) is 3.71. The van der Waals surface area contributed by atoms with Gasteiger partial charge in [-0.05, 0) is 36.8 Å². The average molecular weight is 445 g/mol. The number of carbonyl (C=O) groups is 2. The molecule has 8 heteroatoms. The first-order valence-corrected chi connectivity index (χ1v) is 9.87. The lowest BCUT2D eigenvalue weighted by Gasteiger charge is -2.07. The number of benzene rings is 2. The Kier molecular flexibility index (Phi) is 6.41. The van der Waals surface area contributed by atoms with E-state index in [1.54, 1.807) is 6.21 Å². The van der Waals surface area contributed by atoms with Crippen LogP contribution in [0.4, 0.5) is 5.69 Å². The van der Waals surface area contributed by atoms with Crippen molar-refractivity contribution in [3.05, 3.63) is 64.1 Å². The van der Waals surface area contributed by atoms with Crippen molar-refractivity contribution in [1.82, 2.24) is 5.32 Å². The Morgan fingerprint density at radius 1 is 1.22 bits per heavy atom. The van der Waals surface area contributed by atoms with Gasteiger partial charge in [-0.2, -0.15) is 5.10 Å². The second-order valence-electron chi connectivity index (χ2n) is 5.92. The molecule has 1 saturated heterocycles. The van der Waals surface area contributed by atoms with E-state index in [9.17, 15) is 9.59 Å². The van der Waals surface area contributed by atoms with E-state index in [2.05, 4.69) is 36.8 Å². The Labute approximate surface area is 169 Å². The monoisotopic (exact) mass is 444 g/mol. The standard InChI is InChI=1S/C19H17BrN4O2S/c1-12-2-8-15(9-3-12)22-17(25)10-16-18(26)23-19(27-16)24-21-11-13-4-6-14(20)7-5-13/h2-9,11,16H,10H2,1H3,(H,22,25)(H,23,24,26)/t16-/m1/s1. The fourth-order valence-electron chi connectivity index (χ4n) is 2.30. The Bertz CT molecular complexity index is 895. The molecule has 0 aromatic heterocycles. The maximum atomic E-state index is 12.2. The third-order valence-corrected chi connectivity index (χ3v) is 5.31. The number of nitrogens with one attached hydrogen (secondary N) is 2. The van der Waals surface area contributed by atoms with Gasteiger partial charge in [0, 0.05) is 16.6 Å². The van der Waals surface area contributed by atoms with Crippen molar-refractivity contribution in [3.63, 3.8) is 0 Å². The number of thioether (sulfide) groups is 1. The zero-order valence-corrected chi connectivity index (χ0v) is 16.9. The highest BCUT2D eigenvalue weighted by Crippen LogP contribution is 2.23. The Hall–Kier alpha value is -2.45. The van der Waals surface area contributed by atoms with E-state index in [-0.39, 0.29) is 18.2 Å². The molecular weight excluding hydrogens is 428 g/mol. The third kappa shape index (κ3) is 5.77. The SMILES string of the molecule is Cc1ccc(NC(=O)C[C@H]2S/C(=N/N=Cc3ccc(Br)cc3)NC2=O)cc1. The number of amidine groups is 1. The van der Waals surface area contributed by atoms with E-state index in [4.69, 9.17) is 0 Å². The first-order chi connectivity index (χ1) is 13.0. The summed E-state index contributed by atoms with van der Waals surface area (Å²) in [6, 6.07) is 15.1. The van der Waals surface area contributed by atoms with Gasteiger partial charge in [0.25, 0.3) is 0 Å². The minimum Gasteiger partial charge on any atom is -0.326 e. The summed E-state index contributed by atoms with van der Waals surface area (Å²) in [5, 5.41) is 13.3. The van der Waals surface area contributed by atoms with Crippen molar-refractivity contribution in [2.45, 2.75) is 18.6 Å². The second kappa shape index (κ2) is 8.96. The summed E-state index contributed by atoms with van der Waals surface area (Å²) in [6.45, 7) is 1.98. The van der Waals surface area contributed by atoms with Crippen molar-refractivity contribution in [2.75, 3.05) is 5.32 Å². The van der Waals surface area contributed by atoms with Gasteiger partial charge in [-0.15, -0.1) is 5.10 Å². The van der Waals surface area contributed by atoms with Crippen molar-refractivity contribution in [1.29, 1.82) is 0 Å². The molecule has 1 atom stereocenters. The van der Waals surface area contributed by atoms with Crippen LogP contribution in [0.2, 0.25) is 0 Å². The molecule has 1 aliphatic heterocycles. The van der Waals surface area contributed by atoms with Crippen LogP contribution in [0.25, 0.3) is 0 Å². The molecule has 0 bridgehead atoms. The lowest BCUT2D eigenvalue weighted by atomic mass is 10.2. The number of hydrogen-bond donors (Lipinski definition) is 2. The number of rotatable bonds is 5. The van der Waals surface area contributed by atoms with E-state index in [1.807, 2.05) is 55.5 Å². The first kappa shape index (κ1) is 19.3. The number of nitrogens with zero attached hydrogens (tertiary/aromatic N) is 2. The molecule has 0 spiro atoms. The highest BCUT2D eigenvalue weighted by Gasteiger charge is 2.32. The summed E-state index contributed by atoms with van der Waals surface area (Å²) in [4.78, 5) is 24.2. The largest absolute Gasteiger partial charge is 0.326 e. The van der Waals surface area contributed by atoms with E-state index >= 15 is 0 Å². The molecule has 2 N–H and O–H groups in total. The normalized spacial score (nSPS) is 18.1. The summed E-state index contributed by atoms with van der Waals surface area (Å²) in [6.07, 6.45) is 1.67. The molecule has 6 nitrogen and oxygen atoms in total. The van der Waals surface area contributed by atoms with Gasteiger partial charge in [0.05, 0.1) is 6.21 Å². The van der Waals surface area contributed by atoms with Gasteiger partial charge in [0.2, 0.25) is 11.8 Å². The predicted molar refractivity (Wildman–Crippen MR) is 113 cm³/mol. The topological polar surface area (TPSA) is 82.9 Å². The fraction of sp³-hybridized carbons (Fsp3) is 0.158. The Balaban J connectivity index is 1.54. The van der Waals surface area contributed by atoms with Gasteiger partial charge in [0.1, 0.15) is 5.25 Å². The van der Waals surface area contributed by atoms with Gasteiger partial charge in [0.15, 0.2) is 5.17 Å². The quantitative estimate of drug-likeness (QED) is 0.544. The predicted octanol–water partition coefficient (Wildman–Crippen LogP) is 3.71. The Morgan fingerprint density at radius 2 is 1.93 bits per heavy atom. The van der Waals surface area contributed by atoms with E-state index in [1.165, 1.54) is 11.8 Å². The molecule has 3 rings (SSSR count). The minimum absolute atomic E-state index is 0.0693. The van der Waals surface area contributed by atoms with Crippen LogP contribution in [0.5, 0.6) is 0 Å². The lowest BCUT2D eigenvalue weighted by molar-refractivity contribution is -0.122. The smallest absolute Gasteiger partial charge is 0.240 e. The maximum Gasteiger partial charge on any atom is 0.240 e.